The Morgan fingerprint density at radius 1 is 1.29 bits per heavy atom. The fourth-order valence-electron chi connectivity index (χ4n) is 2.06. The highest BCUT2D eigenvalue weighted by Crippen LogP contribution is 2.39. The highest BCUT2D eigenvalue weighted by atomic mass is 16.5. The minimum absolute atomic E-state index is 0.0278. The van der Waals surface area contributed by atoms with Crippen molar-refractivity contribution < 1.29 is 19.4 Å². The smallest absolute Gasteiger partial charge is 0.262 e. The molecular formula is C15H14N2O4. The van der Waals surface area contributed by atoms with E-state index in [0.717, 1.165) is 0 Å². The van der Waals surface area contributed by atoms with Crippen molar-refractivity contribution in [2.45, 2.75) is 6.61 Å². The number of fused-ring (bicyclic) bond motifs is 1. The monoisotopic (exact) mass is 286 g/mol. The maximum absolute atomic E-state index is 11.3. The molecule has 21 heavy (non-hydrogen) atoms. The Balaban J connectivity index is 1.95. The van der Waals surface area contributed by atoms with Gasteiger partial charge in [-0.1, -0.05) is 18.2 Å². The summed E-state index contributed by atoms with van der Waals surface area (Å²) in [6, 6.07) is 10.3. The van der Waals surface area contributed by atoms with Crippen LogP contribution in [0, 0.1) is 0 Å². The molecule has 1 aliphatic rings. The Hall–Kier alpha value is -2.73. The molecule has 0 saturated carbocycles. The van der Waals surface area contributed by atoms with Gasteiger partial charge in [0, 0.05) is 17.7 Å². The van der Waals surface area contributed by atoms with E-state index >= 15 is 0 Å². The van der Waals surface area contributed by atoms with Gasteiger partial charge in [-0.3, -0.25) is 4.79 Å². The molecule has 0 aromatic heterocycles. The summed E-state index contributed by atoms with van der Waals surface area (Å²) < 4.78 is 11.0. The maximum Gasteiger partial charge on any atom is 0.262 e. The number of nitrogen functional groups attached to an aromatic ring is 1. The van der Waals surface area contributed by atoms with Crippen LogP contribution in [0.4, 0.5) is 11.4 Å². The van der Waals surface area contributed by atoms with Crippen LogP contribution >= 0.6 is 0 Å². The fraction of sp³-hybridized carbons (Fsp3) is 0.133. The zero-order chi connectivity index (χ0) is 14.8. The van der Waals surface area contributed by atoms with E-state index in [4.69, 9.17) is 15.2 Å². The van der Waals surface area contributed by atoms with Crippen molar-refractivity contribution in [3.63, 3.8) is 0 Å². The number of rotatable bonds is 3. The second-order valence-corrected chi connectivity index (χ2v) is 4.59. The van der Waals surface area contributed by atoms with Crippen molar-refractivity contribution in [3.05, 3.63) is 42.0 Å². The van der Waals surface area contributed by atoms with Crippen molar-refractivity contribution in [2.24, 2.45) is 0 Å². The first-order chi connectivity index (χ1) is 10.2. The molecule has 108 valence electrons. The maximum atomic E-state index is 11.3. The number of anilines is 2. The molecule has 6 nitrogen and oxygen atoms in total. The number of hydrogen-bond acceptors (Lipinski definition) is 5. The number of nitrogens with one attached hydrogen (secondary N) is 1. The first-order valence-electron chi connectivity index (χ1n) is 6.40. The van der Waals surface area contributed by atoms with Gasteiger partial charge in [0.15, 0.2) is 12.4 Å². The number of hydrogen-bond donors (Lipinski definition) is 3. The van der Waals surface area contributed by atoms with Gasteiger partial charge in [0.1, 0.15) is 11.5 Å². The number of carbonyl (C=O) groups excluding carboxylic acids is 1. The molecule has 6 heteroatoms. The molecule has 1 heterocycles. The zero-order valence-electron chi connectivity index (χ0n) is 11.1. The Bertz CT molecular complexity index is 700. The normalized spacial score (nSPS) is 13.1. The second-order valence-electron chi connectivity index (χ2n) is 4.59. The van der Waals surface area contributed by atoms with Gasteiger partial charge in [0.25, 0.3) is 5.91 Å². The van der Waals surface area contributed by atoms with Crippen molar-refractivity contribution in [1.82, 2.24) is 0 Å². The lowest BCUT2D eigenvalue weighted by Crippen LogP contribution is -2.25. The number of benzene rings is 2. The van der Waals surface area contributed by atoms with Crippen LogP contribution in [-0.2, 0) is 11.4 Å². The van der Waals surface area contributed by atoms with Crippen molar-refractivity contribution in [2.75, 3.05) is 17.7 Å². The Kier molecular flexibility index (Phi) is 3.37. The lowest BCUT2D eigenvalue weighted by Gasteiger charge is -2.20. The van der Waals surface area contributed by atoms with Crippen LogP contribution in [0.3, 0.4) is 0 Å². The number of aliphatic hydroxyl groups excluding tert-OH is 1. The summed E-state index contributed by atoms with van der Waals surface area (Å²) in [5.41, 5.74) is 7.48. The number of ether oxygens (including phenoxy) is 2. The molecule has 0 bridgehead atoms. The second kappa shape index (κ2) is 5.34. The van der Waals surface area contributed by atoms with Crippen molar-refractivity contribution in [1.29, 1.82) is 0 Å². The van der Waals surface area contributed by atoms with E-state index in [1.165, 1.54) is 0 Å². The molecule has 0 unspecified atom stereocenters. The van der Waals surface area contributed by atoms with Crippen LogP contribution in [0.1, 0.15) is 5.56 Å². The van der Waals surface area contributed by atoms with Gasteiger partial charge in [-0.25, -0.2) is 0 Å². The summed E-state index contributed by atoms with van der Waals surface area (Å²) >= 11 is 0. The average Bonchev–Trinajstić information content (AvgIpc) is 2.49. The van der Waals surface area contributed by atoms with Crippen molar-refractivity contribution >= 4 is 17.3 Å². The quantitative estimate of drug-likeness (QED) is 0.749. The minimum atomic E-state index is -0.228. The summed E-state index contributed by atoms with van der Waals surface area (Å²) in [5, 5.41) is 12.0. The molecule has 0 spiro atoms. The topological polar surface area (TPSA) is 93.8 Å². The van der Waals surface area contributed by atoms with Gasteiger partial charge in [-0.2, -0.15) is 0 Å². The van der Waals surface area contributed by atoms with Gasteiger partial charge in [0.2, 0.25) is 0 Å². The van der Waals surface area contributed by atoms with E-state index in [2.05, 4.69) is 5.32 Å². The molecule has 0 saturated heterocycles. The summed E-state index contributed by atoms with van der Waals surface area (Å²) in [7, 11) is 0. The number of aliphatic hydroxyl groups is 1. The third-order valence-electron chi connectivity index (χ3n) is 3.11. The van der Waals surface area contributed by atoms with E-state index in [-0.39, 0.29) is 19.1 Å². The largest absolute Gasteiger partial charge is 0.481 e. The minimum Gasteiger partial charge on any atom is -0.481 e. The lowest BCUT2D eigenvalue weighted by molar-refractivity contribution is -0.118. The molecule has 0 atom stereocenters. The predicted octanol–water partition coefficient (Wildman–Crippen LogP) is 1.88. The fourth-order valence-corrected chi connectivity index (χ4v) is 2.06. The van der Waals surface area contributed by atoms with Crippen molar-refractivity contribution in [3.8, 4) is 17.2 Å². The summed E-state index contributed by atoms with van der Waals surface area (Å²) in [6.07, 6.45) is 0. The molecular weight excluding hydrogens is 272 g/mol. The van der Waals surface area contributed by atoms with Crippen LogP contribution in [0.15, 0.2) is 36.4 Å². The summed E-state index contributed by atoms with van der Waals surface area (Å²) in [4.78, 5) is 11.3. The van der Waals surface area contributed by atoms with E-state index < -0.39 is 0 Å². The van der Waals surface area contributed by atoms with Crippen LogP contribution in [0.25, 0.3) is 0 Å². The summed E-state index contributed by atoms with van der Waals surface area (Å²) in [6.45, 7) is -0.166. The number of para-hydroxylation sites is 1. The Morgan fingerprint density at radius 2 is 2.10 bits per heavy atom. The lowest BCUT2D eigenvalue weighted by atomic mass is 10.2. The summed E-state index contributed by atoms with van der Waals surface area (Å²) in [5.74, 6) is 1.18. The van der Waals surface area contributed by atoms with Crippen LogP contribution in [0.2, 0.25) is 0 Å². The number of carbonyl (C=O) groups is 1. The molecule has 2 aromatic carbocycles. The van der Waals surface area contributed by atoms with Gasteiger partial charge in [0.05, 0.1) is 18.0 Å². The van der Waals surface area contributed by atoms with E-state index in [1.54, 1.807) is 30.3 Å². The highest BCUT2D eigenvalue weighted by molar-refractivity contribution is 5.96. The third-order valence-corrected chi connectivity index (χ3v) is 3.11. The van der Waals surface area contributed by atoms with E-state index in [0.29, 0.717) is 34.2 Å². The van der Waals surface area contributed by atoms with Crippen LogP contribution in [-0.4, -0.2) is 17.6 Å². The van der Waals surface area contributed by atoms with Gasteiger partial charge >= 0.3 is 0 Å². The zero-order valence-corrected chi connectivity index (χ0v) is 11.1. The van der Waals surface area contributed by atoms with Gasteiger partial charge in [-0.05, 0) is 6.07 Å². The first-order valence-corrected chi connectivity index (χ1v) is 6.40. The SMILES string of the molecule is Nc1cc2c(cc1Oc1ccccc1CO)NC(=O)CO2. The molecule has 1 aliphatic heterocycles. The molecule has 3 rings (SSSR count). The molecule has 1 amide bonds. The molecule has 0 fully saturated rings. The molecule has 0 aliphatic carbocycles. The number of amides is 1. The van der Waals surface area contributed by atoms with E-state index in [9.17, 15) is 9.90 Å². The van der Waals surface area contributed by atoms with Crippen LogP contribution < -0.4 is 20.5 Å². The van der Waals surface area contributed by atoms with Gasteiger partial charge < -0.3 is 25.6 Å². The average molecular weight is 286 g/mol. The predicted molar refractivity (Wildman–Crippen MR) is 77.4 cm³/mol. The Labute approximate surface area is 121 Å². The molecule has 2 aromatic rings. The van der Waals surface area contributed by atoms with E-state index in [1.807, 2.05) is 6.07 Å². The highest BCUT2D eigenvalue weighted by Gasteiger charge is 2.19. The van der Waals surface area contributed by atoms with Crippen LogP contribution in [0.5, 0.6) is 17.2 Å². The standard InChI is InChI=1S/C15H14N2O4/c16-10-5-14-11(17-15(19)8-20-14)6-13(10)21-12-4-2-1-3-9(12)7-18/h1-6,18H,7-8,16H2,(H,17,19). The third kappa shape index (κ3) is 2.61. The number of nitrogens with two attached hydrogens (primary N) is 1. The molecule has 0 radical (unpaired) electrons. The first kappa shape index (κ1) is 13.3. The molecule has 4 N–H and O–H groups in total. The van der Waals surface area contributed by atoms with Gasteiger partial charge in [-0.15, -0.1) is 0 Å². The Morgan fingerprint density at radius 3 is 2.90 bits per heavy atom.